The molecule has 124 valence electrons. The maximum atomic E-state index is 11.9. The van der Waals surface area contributed by atoms with Crippen molar-refractivity contribution < 1.29 is 13.9 Å². The summed E-state index contributed by atoms with van der Waals surface area (Å²) in [5.74, 6) is -0.424. The topological polar surface area (TPSA) is 88.7 Å². The van der Waals surface area contributed by atoms with Gasteiger partial charge in [0.15, 0.2) is 5.58 Å². The van der Waals surface area contributed by atoms with Crippen LogP contribution in [0.25, 0.3) is 11.1 Å². The van der Waals surface area contributed by atoms with Gasteiger partial charge in [-0.25, -0.2) is 9.59 Å². The van der Waals surface area contributed by atoms with Gasteiger partial charge in [0.1, 0.15) is 0 Å². The van der Waals surface area contributed by atoms with E-state index in [1.165, 1.54) is 4.57 Å². The van der Waals surface area contributed by atoms with Crippen LogP contribution in [0.15, 0.2) is 27.4 Å². The molecule has 2 heterocycles. The fourth-order valence-corrected chi connectivity index (χ4v) is 2.54. The van der Waals surface area contributed by atoms with Crippen molar-refractivity contribution in [2.75, 3.05) is 44.7 Å². The van der Waals surface area contributed by atoms with Gasteiger partial charge in [0.05, 0.1) is 18.7 Å². The van der Waals surface area contributed by atoms with Gasteiger partial charge in [0.25, 0.3) is 0 Å². The number of oxazole rings is 1. The number of rotatable bonds is 4. The maximum absolute atomic E-state index is 11.9. The summed E-state index contributed by atoms with van der Waals surface area (Å²) in [6.07, 6.45) is 0. The summed E-state index contributed by atoms with van der Waals surface area (Å²) < 4.78 is 11.8. The highest BCUT2D eigenvalue weighted by Gasteiger charge is 2.11. The Morgan fingerprint density at radius 3 is 2.87 bits per heavy atom. The van der Waals surface area contributed by atoms with E-state index in [-0.39, 0.29) is 6.03 Å². The second kappa shape index (κ2) is 6.84. The minimum Gasteiger partial charge on any atom is -0.408 e. The molecule has 0 radical (unpaired) electrons. The maximum Gasteiger partial charge on any atom is 0.419 e. The molecular weight excluding hydrogens is 300 g/mol. The first-order valence-corrected chi connectivity index (χ1v) is 7.58. The van der Waals surface area contributed by atoms with E-state index in [2.05, 4.69) is 15.5 Å². The number of hydrogen-bond donors (Lipinski definition) is 2. The van der Waals surface area contributed by atoms with Crippen molar-refractivity contribution in [3.8, 4) is 0 Å². The molecule has 2 amide bonds. The molecule has 0 unspecified atom stereocenters. The van der Waals surface area contributed by atoms with Gasteiger partial charge in [0.2, 0.25) is 0 Å². The van der Waals surface area contributed by atoms with E-state index < -0.39 is 5.76 Å². The molecule has 8 nitrogen and oxygen atoms in total. The molecule has 2 aromatic rings. The van der Waals surface area contributed by atoms with Crippen molar-refractivity contribution in [1.29, 1.82) is 0 Å². The minimum atomic E-state index is -0.424. The smallest absolute Gasteiger partial charge is 0.408 e. The van der Waals surface area contributed by atoms with Gasteiger partial charge >= 0.3 is 11.8 Å². The van der Waals surface area contributed by atoms with Crippen molar-refractivity contribution in [3.05, 3.63) is 28.7 Å². The van der Waals surface area contributed by atoms with Gasteiger partial charge < -0.3 is 19.8 Å². The Morgan fingerprint density at radius 2 is 2.09 bits per heavy atom. The predicted molar refractivity (Wildman–Crippen MR) is 85.7 cm³/mol. The Kier molecular flexibility index (Phi) is 4.63. The summed E-state index contributed by atoms with van der Waals surface area (Å²) >= 11 is 0. The molecule has 0 bridgehead atoms. The Morgan fingerprint density at radius 1 is 1.30 bits per heavy atom. The average Bonchev–Trinajstić information content (AvgIpc) is 2.82. The van der Waals surface area contributed by atoms with Gasteiger partial charge in [-0.1, -0.05) is 0 Å². The number of benzene rings is 1. The number of fused-ring (bicyclic) bond motifs is 1. The fraction of sp³-hybridized carbons (Fsp3) is 0.467. The first kappa shape index (κ1) is 15.6. The van der Waals surface area contributed by atoms with Gasteiger partial charge in [-0.3, -0.25) is 9.47 Å². The number of nitrogens with zero attached hydrogens (tertiary/aromatic N) is 2. The number of nitrogens with one attached hydrogen (secondary N) is 2. The standard InChI is InChI=1S/C15H20N4O4/c1-18-12-3-2-11(10-13(12)23-15(18)21)17-14(20)16-4-5-19-6-8-22-9-7-19/h2-3,10H,4-9H2,1H3,(H2,16,17,20). The zero-order valence-electron chi connectivity index (χ0n) is 13.0. The van der Waals surface area contributed by atoms with E-state index in [4.69, 9.17) is 9.15 Å². The summed E-state index contributed by atoms with van der Waals surface area (Å²) in [5, 5.41) is 5.55. The van der Waals surface area contributed by atoms with E-state index >= 15 is 0 Å². The molecular formula is C15H20N4O4. The lowest BCUT2D eigenvalue weighted by atomic mass is 10.3. The first-order chi connectivity index (χ1) is 11.1. The first-order valence-electron chi connectivity index (χ1n) is 7.58. The Hall–Kier alpha value is -2.32. The lowest BCUT2D eigenvalue weighted by molar-refractivity contribution is 0.0388. The van der Waals surface area contributed by atoms with Gasteiger partial charge in [-0.05, 0) is 12.1 Å². The second-order valence-electron chi connectivity index (χ2n) is 5.44. The number of amides is 2. The molecule has 1 saturated heterocycles. The van der Waals surface area contributed by atoms with Crippen molar-refractivity contribution in [1.82, 2.24) is 14.8 Å². The van der Waals surface area contributed by atoms with Crippen LogP contribution in [0.2, 0.25) is 0 Å². The number of carbonyl (C=O) groups is 1. The van der Waals surface area contributed by atoms with E-state index in [0.29, 0.717) is 23.3 Å². The molecule has 1 fully saturated rings. The van der Waals surface area contributed by atoms with Gasteiger partial charge in [-0.15, -0.1) is 0 Å². The molecule has 0 spiro atoms. The normalized spacial score (nSPS) is 15.7. The van der Waals surface area contributed by atoms with Crippen molar-refractivity contribution >= 4 is 22.8 Å². The second-order valence-corrected chi connectivity index (χ2v) is 5.44. The zero-order chi connectivity index (χ0) is 16.2. The molecule has 2 N–H and O–H groups in total. The fourth-order valence-electron chi connectivity index (χ4n) is 2.54. The summed E-state index contributed by atoms with van der Waals surface area (Å²) in [6, 6.07) is 4.83. The van der Waals surface area contributed by atoms with Crippen molar-refractivity contribution in [3.63, 3.8) is 0 Å². The third-order valence-electron chi connectivity index (χ3n) is 3.87. The number of aromatic nitrogens is 1. The average molecular weight is 320 g/mol. The van der Waals surface area contributed by atoms with Crippen LogP contribution >= 0.6 is 0 Å². The molecule has 1 aliphatic rings. The summed E-state index contributed by atoms with van der Waals surface area (Å²) in [5.41, 5.74) is 1.72. The molecule has 8 heteroatoms. The third kappa shape index (κ3) is 3.72. The molecule has 1 aliphatic heterocycles. The number of hydrogen-bond acceptors (Lipinski definition) is 5. The van der Waals surface area contributed by atoms with E-state index in [1.54, 1.807) is 25.2 Å². The van der Waals surface area contributed by atoms with Crippen LogP contribution in [0, 0.1) is 0 Å². The third-order valence-corrected chi connectivity index (χ3v) is 3.87. The van der Waals surface area contributed by atoms with Crippen molar-refractivity contribution in [2.45, 2.75) is 0 Å². The number of ether oxygens (including phenoxy) is 1. The summed E-state index contributed by atoms with van der Waals surface area (Å²) in [6.45, 7) is 4.64. The van der Waals surface area contributed by atoms with Gasteiger partial charge in [-0.2, -0.15) is 0 Å². The van der Waals surface area contributed by atoms with Crippen LogP contribution in [-0.4, -0.2) is 54.9 Å². The molecule has 1 aromatic heterocycles. The molecule has 23 heavy (non-hydrogen) atoms. The van der Waals surface area contributed by atoms with Crippen LogP contribution < -0.4 is 16.4 Å². The highest BCUT2D eigenvalue weighted by molar-refractivity contribution is 5.91. The van der Waals surface area contributed by atoms with Gasteiger partial charge in [0, 0.05) is 45.0 Å². The number of aryl methyl sites for hydroxylation is 1. The predicted octanol–water partition coefficient (Wildman–Crippen LogP) is 0.585. The monoisotopic (exact) mass is 320 g/mol. The van der Waals surface area contributed by atoms with Crippen LogP contribution in [0.3, 0.4) is 0 Å². The summed E-state index contributed by atoms with van der Waals surface area (Å²) in [7, 11) is 1.64. The Bertz CT molecular complexity index is 746. The lowest BCUT2D eigenvalue weighted by Gasteiger charge is -2.26. The number of carbonyl (C=O) groups excluding carboxylic acids is 1. The largest absolute Gasteiger partial charge is 0.419 e. The zero-order valence-corrected chi connectivity index (χ0v) is 13.0. The van der Waals surface area contributed by atoms with E-state index in [0.717, 1.165) is 32.8 Å². The van der Waals surface area contributed by atoms with Crippen LogP contribution in [0.5, 0.6) is 0 Å². The number of anilines is 1. The summed E-state index contributed by atoms with van der Waals surface area (Å²) in [4.78, 5) is 25.6. The van der Waals surface area contributed by atoms with Crippen LogP contribution in [0.1, 0.15) is 0 Å². The molecule has 3 rings (SSSR count). The highest BCUT2D eigenvalue weighted by Crippen LogP contribution is 2.17. The van der Waals surface area contributed by atoms with E-state index in [1.807, 2.05) is 0 Å². The van der Waals surface area contributed by atoms with E-state index in [9.17, 15) is 9.59 Å². The molecule has 1 aromatic carbocycles. The number of morpholine rings is 1. The SMILES string of the molecule is Cn1c(=O)oc2cc(NC(=O)NCCN3CCOCC3)ccc21. The highest BCUT2D eigenvalue weighted by atomic mass is 16.5. The Balaban J connectivity index is 1.52. The Labute approximate surface area is 133 Å². The quantitative estimate of drug-likeness (QED) is 0.860. The number of urea groups is 1. The minimum absolute atomic E-state index is 0.282. The lowest BCUT2D eigenvalue weighted by Crippen LogP contribution is -2.42. The molecule has 0 aliphatic carbocycles. The van der Waals surface area contributed by atoms with Crippen molar-refractivity contribution in [2.24, 2.45) is 7.05 Å². The van der Waals surface area contributed by atoms with Crippen LogP contribution in [-0.2, 0) is 11.8 Å². The molecule has 0 saturated carbocycles. The molecule has 0 atom stereocenters. The van der Waals surface area contributed by atoms with Crippen LogP contribution in [0.4, 0.5) is 10.5 Å².